The van der Waals surface area contributed by atoms with Crippen LogP contribution in [0.1, 0.15) is 36.3 Å². The predicted molar refractivity (Wildman–Crippen MR) is 126 cm³/mol. The smallest absolute Gasteiger partial charge is 0.246 e. The summed E-state index contributed by atoms with van der Waals surface area (Å²) < 4.78 is 5.97. The Morgan fingerprint density at radius 2 is 1.61 bits per heavy atom. The number of rotatable bonds is 5. The second-order valence-corrected chi connectivity index (χ2v) is 8.16. The summed E-state index contributed by atoms with van der Waals surface area (Å²) in [6.45, 7) is 4.27. The minimum absolute atomic E-state index is 0.175. The minimum atomic E-state index is -0.829. The number of fused-ring (bicyclic) bond motifs is 1. The molecule has 4 rings (SSSR count). The normalized spacial score (nSPS) is 12.1. The fraction of sp³-hybridized carbons (Fsp3) is 0.154. The van der Waals surface area contributed by atoms with Gasteiger partial charge in [-0.25, -0.2) is 0 Å². The number of nitrogens with one attached hydrogen (secondary N) is 1. The molecule has 1 amide bonds. The van der Waals surface area contributed by atoms with Gasteiger partial charge in [0.15, 0.2) is 5.43 Å². The fourth-order valence-corrected chi connectivity index (χ4v) is 3.59. The highest BCUT2D eigenvalue weighted by Gasteiger charge is 2.18. The first-order valence-corrected chi connectivity index (χ1v) is 10.5. The number of alkyl halides is 1. The van der Waals surface area contributed by atoms with E-state index >= 15 is 0 Å². The molecule has 4 aromatic rings. The molecular formula is C26H22ClNO3. The maximum absolute atomic E-state index is 12.7. The van der Waals surface area contributed by atoms with Crippen LogP contribution in [0.25, 0.3) is 22.3 Å². The highest BCUT2D eigenvalue weighted by Crippen LogP contribution is 2.27. The lowest BCUT2D eigenvalue weighted by Crippen LogP contribution is -2.17. The van der Waals surface area contributed by atoms with Crippen molar-refractivity contribution in [2.45, 2.75) is 25.1 Å². The molecule has 0 saturated carbocycles. The average Bonchev–Trinajstić information content (AvgIpc) is 2.79. The van der Waals surface area contributed by atoms with Crippen molar-refractivity contribution in [2.24, 2.45) is 0 Å². The number of benzene rings is 3. The van der Waals surface area contributed by atoms with E-state index in [0.29, 0.717) is 33.9 Å². The van der Waals surface area contributed by atoms with Gasteiger partial charge >= 0.3 is 0 Å². The topological polar surface area (TPSA) is 59.3 Å². The first-order chi connectivity index (χ1) is 14.9. The molecule has 3 aromatic carbocycles. The van der Waals surface area contributed by atoms with E-state index in [1.165, 1.54) is 11.6 Å². The molecule has 0 radical (unpaired) electrons. The van der Waals surface area contributed by atoms with E-state index in [-0.39, 0.29) is 11.3 Å². The molecule has 0 spiro atoms. The lowest BCUT2D eigenvalue weighted by Gasteiger charge is -2.11. The van der Waals surface area contributed by atoms with Gasteiger partial charge in [0.25, 0.3) is 0 Å². The van der Waals surface area contributed by atoms with Gasteiger partial charge in [-0.1, -0.05) is 68.4 Å². The van der Waals surface area contributed by atoms with E-state index in [1.807, 2.05) is 42.5 Å². The van der Waals surface area contributed by atoms with Gasteiger partial charge in [0, 0.05) is 17.3 Å². The van der Waals surface area contributed by atoms with Crippen molar-refractivity contribution in [3.63, 3.8) is 0 Å². The molecular weight excluding hydrogens is 410 g/mol. The molecule has 0 aliphatic carbocycles. The molecule has 4 nitrogen and oxygen atoms in total. The summed E-state index contributed by atoms with van der Waals surface area (Å²) in [5.41, 5.74) is 3.54. The maximum Gasteiger partial charge on any atom is 0.246 e. The lowest BCUT2D eigenvalue weighted by atomic mass is 10.0. The van der Waals surface area contributed by atoms with Gasteiger partial charge in [0.05, 0.1) is 5.39 Å². The van der Waals surface area contributed by atoms with Crippen molar-refractivity contribution in [3.8, 4) is 11.3 Å². The van der Waals surface area contributed by atoms with Gasteiger partial charge in [0.2, 0.25) is 5.91 Å². The third kappa shape index (κ3) is 4.54. The zero-order valence-electron chi connectivity index (χ0n) is 17.3. The molecule has 31 heavy (non-hydrogen) atoms. The fourth-order valence-electron chi connectivity index (χ4n) is 3.39. The number of halogens is 1. The van der Waals surface area contributed by atoms with Crippen molar-refractivity contribution in [1.82, 2.24) is 0 Å². The second kappa shape index (κ2) is 8.78. The Labute approximate surface area is 185 Å². The molecule has 1 N–H and O–H groups in total. The lowest BCUT2D eigenvalue weighted by molar-refractivity contribution is -0.116. The zero-order valence-corrected chi connectivity index (χ0v) is 18.0. The molecule has 5 heteroatoms. The Bertz CT molecular complexity index is 1280. The largest absolute Gasteiger partial charge is 0.456 e. The average molecular weight is 432 g/mol. The van der Waals surface area contributed by atoms with Crippen molar-refractivity contribution < 1.29 is 9.21 Å². The number of hydrogen-bond acceptors (Lipinski definition) is 3. The van der Waals surface area contributed by atoms with Crippen LogP contribution >= 0.6 is 11.6 Å². The van der Waals surface area contributed by atoms with Crippen LogP contribution in [0.5, 0.6) is 0 Å². The molecule has 0 aliphatic rings. The van der Waals surface area contributed by atoms with E-state index in [9.17, 15) is 9.59 Å². The van der Waals surface area contributed by atoms with Crippen LogP contribution in [0, 0.1) is 0 Å². The molecule has 0 aliphatic heterocycles. The first kappa shape index (κ1) is 20.9. The summed E-state index contributed by atoms with van der Waals surface area (Å²) >= 11 is 6.28. The van der Waals surface area contributed by atoms with Gasteiger partial charge in [0.1, 0.15) is 16.7 Å². The van der Waals surface area contributed by atoms with Crippen LogP contribution in [0.2, 0.25) is 0 Å². The third-order valence-corrected chi connectivity index (χ3v) is 5.63. The molecule has 0 fully saturated rings. The number of carbonyl (C=O) groups excluding carboxylic acids is 1. The van der Waals surface area contributed by atoms with Crippen LogP contribution in [0.15, 0.2) is 88.1 Å². The Hall–Kier alpha value is -3.37. The Morgan fingerprint density at radius 3 is 2.29 bits per heavy atom. The van der Waals surface area contributed by atoms with Gasteiger partial charge in [-0.15, -0.1) is 11.6 Å². The van der Waals surface area contributed by atoms with E-state index in [1.54, 1.807) is 30.3 Å². The molecule has 1 atom stereocenters. The maximum atomic E-state index is 12.7. The van der Waals surface area contributed by atoms with Crippen LogP contribution < -0.4 is 10.7 Å². The highest BCUT2D eigenvalue weighted by atomic mass is 35.5. The Balaban J connectivity index is 1.60. The molecule has 1 heterocycles. The summed E-state index contributed by atoms with van der Waals surface area (Å²) in [5, 5.41) is 2.34. The molecule has 1 unspecified atom stereocenters. The number of hydrogen-bond donors (Lipinski definition) is 1. The quantitative estimate of drug-likeness (QED) is 0.367. The monoisotopic (exact) mass is 431 g/mol. The summed E-state index contributed by atoms with van der Waals surface area (Å²) in [4.78, 5) is 25.2. The van der Waals surface area contributed by atoms with Gasteiger partial charge in [-0.05, 0) is 35.2 Å². The summed E-state index contributed by atoms with van der Waals surface area (Å²) in [7, 11) is 0. The van der Waals surface area contributed by atoms with Crippen molar-refractivity contribution in [3.05, 3.63) is 100 Å². The van der Waals surface area contributed by atoms with Crippen molar-refractivity contribution >= 4 is 34.2 Å². The summed E-state index contributed by atoms with van der Waals surface area (Å²) in [6, 6.07) is 23.6. The number of amides is 1. The van der Waals surface area contributed by atoms with Gasteiger partial charge in [-0.3, -0.25) is 9.59 Å². The molecule has 0 saturated heterocycles. The van der Waals surface area contributed by atoms with E-state index in [0.717, 1.165) is 5.56 Å². The number of anilines is 1. The van der Waals surface area contributed by atoms with Crippen LogP contribution in [-0.2, 0) is 4.79 Å². The SMILES string of the molecule is CC(C)c1ccc(-c2cc(=O)c3cc(NC(=O)C(Cl)c4ccccc4)ccc3o2)cc1. The van der Waals surface area contributed by atoms with Gasteiger partial charge < -0.3 is 9.73 Å². The molecule has 1 aromatic heterocycles. The second-order valence-electron chi connectivity index (χ2n) is 7.73. The zero-order chi connectivity index (χ0) is 22.0. The van der Waals surface area contributed by atoms with Crippen molar-refractivity contribution in [2.75, 3.05) is 5.32 Å². The summed E-state index contributed by atoms with van der Waals surface area (Å²) in [5.74, 6) is 0.578. The van der Waals surface area contributed by atoms with E-state index < -0.39 is 5.38 Å². The molecule has 156 valence electrons. The van der Waals surface area contributed by atoms with Crippen LogP contribution in [0.4, 0.5) is 5.69 Å². The molecule has 0 bridgehead atoms. The van der Waals surface area contributed by atoms with Crippen molar-refractivity contribution in [1.29, 1.82) is 0 Å². The first-order valence-electron chi connectivity index (χ1n) is 10.1. The summed E-state index contributed by atoms with van der Waals surface area (Å²) in [6.07, 6.45) is 0. The Kier molecular flexibility index (Phi) is 5.92. The van der Waals surface area contributed by atoms with Gasteiger partial charge in [-0.2, -0.15) is 0 Å². The van der Waals surface area contributed by atoms with E-state index in [4.69, 9.17) is 16.0 Å². The van der Waals surface area contributed by atoms with Crippen LogP contribution in [-0.4, -0.2) is 5.91 Å². The third-order valence-electron chi connectivity index (χ3n) is 5.18. The van der Waals surface area contributed by atoms with Crippen LogP contribution in [0.3, 0.4) is 0 Å². The highest BCUT2D eigenvalue weighted by molar-refractivity contribution is 6.32. The van der Waals surface area contributed by atoms with E-state index in [2.05, 4.69) is 19.2 Å². The predicted octanol–water partition coefficient (Wildman–Crippen LogP) is 6.50. The number of carbonyl (C=O) groups is 1. The Morgan fingerprint density at radius 1 is 0.903 bits per heavy atom. The minimum Gasteiger partial charge on any atom is -0.456 e. The standard InChI is InChI=1S/C26H22ClNO3/c1-16(2)17-8-10-18(11-9-17)24-15-22(29)21-14-20(12-13-23(21)31-24)28-26(30)25(27)19-6-4-3-5-7-19/h3-16,25H,1-2H3,(H,28,30).